The summed E-state index contributed by atoms with van der Waals surface area (Å²) < 4.78 is 25.2. The van der Waals surface area contributed by atoms with Crippen molar-refractivity contribution in [3.63, 3.8) is 0 Å². The number of halogens is 2. The molecule has 0 unspecified atom stereocenters. The van der Waals surface area contributed by atoms with Crippen molar-refractivity contribution in [2.75, 3.05) is 0 Å². The van der Waals surface area contributed by atoms with Gasteiger partial charge < -0.3 is 15.6 Å². The molecule has 3 heterocycles. The van der Waals surface area contributed by atoms with Gasteiger partial charge in [0, 0.05) is 12.4 Å². The van der Waals surface area contributed by atoms with E-state index in [0.717, 1.165) is 12.1 Å². The van der Waals surface area contributed by atoms with Gasteiger partial charge in [-0.2, -0.15) is 11.2 Å². The predicted molar refractivity (Wildman–Crippen MR) is 103 cm³/mol. The molecule has 3 rings (SSSR count). The summed E-state index contributed by atoms with van der Waals surface area (Å²) in [4.78, 5) is 10.5. The van der Waals surface area contributed by atoms with Gasteiger partial charge in [0.15, 0.2) is 0 Å². The maximum atomic E-state index is 11.8. The molecule has 0 aliphatic heterocycles. The number of aromatic nitrogens is 5. The Morgan fingerprint density at radius 3 is 1.72 bits per heavy atom. The number of hydrogen-bond acceptors (Lipinski definition) is 4. The van der Waals surface area contributed by atoms with Gasteiger partial charge in [0.2, 0.25) is 0 Å². The molecule has 0 fully saturated rings. The quantitative estimate of drug-likeness (QED) is 0.328. The third-order valence-corrected chi connectivity index (χ3v) is 2.72. The Morgan fingerprint density at radius 2 is 1.45 bits per heavy atom. The summed E-state index contributed by atoms with van der Waals surface area (Å²) in [6, 6.07) is 10.3. The van der Waals surface area contributed by atoms with Crippen LogP contribution in [0.2, 0.25) is 0 Å². The molecule has 0 aliphatic rings. The summed E-state index contributed by atoms with van der Waals surface area (Å²) >= 11 is 0. The summed E-state index contributed by atoms with van der Waals surface area (Å²) in [5.41, 5.74) is 0. The Bertz CT molecular complexity index is 689. The molecular formula is C19H24F2IrN7. The van der Waals surface area contributed by atoms with Crippen molar-refractivity contribution in [1.82, 2.24) is 24.7 Å². The summed E-state index contributed by atoms with van der Waals surface area (Å²) in [5.74, 6) is -1.69. The Balaban J connectivity index is 0.000000441. The zero-order chi connectivity index (χ0) is 20.8. The van der Waals surface area contributed by atoms with E-state index in [1.54, 1.807) is 23.4 Å². The molecule has 29 heavy (non-hydrogen) atoms. The standard InChI is InChI=1S/C9H17N5.C5H2F2N.C5H5N.Ir/c1-7(2)12-9(13-8(3)4)14-6-10-5-11-14;6-4-2-1-3-5(7)8-4;1-2-4-6-5-3-1;/h5-9H,1-4H3;2-3H;1-5H;/q-2;-1;;+3. The minimum absolute atomic E-state index is 0. The van der Waals surface area contributed by atoms with Crippen LogP contribution >= 0.6 is 0 Å². The Morgan fingerprint density at radius 1 is 0.897 bits per heavy atom. The minimum atomic E-state index is -0.843. The smallest absolute Gasteiger partial charge is 0.657 e. The van der Waals surface area contributed by atoms with Crippen LogP contribution < -0.4 is 0 Å². The van der Waals surface area contributed by atoms with Gasteiger partial charge in [0.05, 0.1) is 11.9 Å². The fourth-order valence-electron chi connectivity index (χ4n) is 1.70. The largest absolute Gasteiger partial charge is 3.00 e. The molecule has 0 bridgehead atoms. The predicted octanol–water partition coefficient (Wildman–Crippen LogP) is 4.54. The summed E-state index contributed by atoms with van der Waals surface area (Å²) in [6.07, 6.45) is 6.40. The van der Waals surface area contributed by atoms with E-state index in [1.807, 2.05) is 45.9 Å². The third-order valence-electron chi connectivity index (χ3n) is 2.72. The Kier molecular flexibility index (Phi) is 14.6. The van der Waals surface area contributed by atoms with Gasteiger partial charge in [-0.15, -0.1) is 30.5 Å². The molecule has 0 radical (unpaired) electrons. The second-order valence-corrected chi connectivity index (χ2v) is 5.94. The fourth-order valence-corrected chi connectivity index (χ4v) is 1.70. The number of rotatable bonds is 5. The first kappa shape index (κ1) is 26.9. The Hall–Kier alpha value is -2.13. The fraction of sp³-hybridized carbons (Fsp3) is 0.368. The van der Waals surface area contributed by atoms with Gasteiger partial charge in [-0.25, -0.2) is 4.98 Å². The topological polar surface area (TPSA) is 84.7 Å². The Labute approximate surface area is 183 Å². The van der Waals surface area contributed by atoms with Crippen LogP contribution in [0.5, 0.6) is 0 Å². The van der Waals surface area contributed by atoms with Crippen molar-refractivity contribution in [3.8, 4) is 0 Å². The van der Waals surface area contributed by atoms with Crippen molar-refractivity contribution in [1.29, 1.82) is 0 Å². The first-order valence-corrected chi connectivity index (χ1v) is 8.66. The van der Waals surface area contributed by atoms with E-state index in [9.17, 15) is 8.78 Å². The molecule has 10 heteroatoms. The van der Waals surface area contributed by atoms with Gasteiger partial charge in [-0.05, 0) is 12.1 Å². The molecule has 0 spiro atoms. The molecule has 0 aromatic carbocycles. The molecule has 0 aliphatic carbocycles. The van der Waals surface area contributed by atoms with Crippen LogP contribution in [0.15, 0.2) is 55.4 Å². The maximum Gasteiger partial charge on any atom is 3.00 e. The number of hydrogen-bond donors (Lipinski definition) is 0. The van der Waals surface area contributed by atoms with Crippen molar-refractivity contribution < 1.29 is 28.9 Å². The molecular weight excluding hydrogens is 556 g/mol. The zero-order valence-electron chi connectivity index (χ0n) is 16.6. The van der Waals surface area contributed by atoms with Crippen LogP contribution in [0.25, 0.3) is 10.6 Å². The van der Waals surface area contributed by atoms with Crippen molar-refractivity contribution in [3.05, 3.63) is 84.0 Å². The molecule has 158 valence electrons. The molecule has 7 nitrogen and oxygen atoms in total. The van der Waals surface area contributed by atoms with Crippen LogP contribution in [0.4, 0.5) is 8.78 Å². The van der Waals surface area contributed by atoms with Crippen LogP contribution in [-0.4, -0.2) is 36.8 Å². The van der Waals surface area contributed by atoms with E-state index in [2.05, 4.69) is 36.8 Å². The van der Waals surface area contributed by atoms with E-state index in [0.29, 0.717) is 0 Å². The molecule has 0 saturated heterocycles. The van der Waals surface area contributed by atoms with E-state index in [-0.39, 0.29) is 38.5 Å². The van der Waals surface area contributed by atoms with Crippen LogP contribution in [0.3, 0.4) is 0 Å². The van der Waals surface area contributed by atoms with Crippen LogP contribution in [-0.2, 0) is 20.1 Å². The molecule has 3 aromatic heterocycles. The van der Waals surface area contributed by atoms with Gasteiger partial charge in [-0.1, -0.05) is 33.8 Å². The third kappa shape index (κ3) is 13.6. The summed E-state index contributed by atoms with van der Waals surface area (Å²) in [5, 5.41) is 12.9. The second-order valence-electron chi connectivity index (χ2n) is 5.94. The SMILES string of the molecule is CC(C)[N-]C([N-]C(C)C)n1cncn1.Fc1c[c-]cc(F)n1.[Ir+3].c1ccncc1. The zero-order valence-corrected chi connectivity index (χ0v) is 19.0. The van der Waals surface area contributed by atoms with Gasteiger partial charge in [-0.3, -0.25) is 18.4 Å². The average Bonchev–Trinajstić information content (AvgIpc) is 3.17. The van der Waals surface area contributed by atoms with Crippen molar-refractivity contribution in [2.45, 2.75) is 46.1 Å². The summed E-state index contributed by atoms with van der Waals surface area (Å²) in [7, 11) is 0. The van der Waals surface area contributed by atoms with Gasteiger partial charge in [0.1, 0.15) is 12.7 Å². The minimum Gasteiger partial charge on any atom is -0.657 e. The number of pyridine rings is 2. The average molecular weight is 581 g/mol. The van der Waals surface area contributed by atoms with Gasteiger partial charge >= 0.3 is 20.1 Å². The van der Waals surface area contributed by atoms with E-state index >= 15 is 0 Å². The van der Waals surface area contributed by atoms with Crippen molar-refractivity contribution in [2.24, 2.45) is 0 Å². The first-order chi connectivity index (χ1) is 13.4. The van der Waals surface area contributed by atoms with E-state index in [1.165, 1.54) is 6.33 Å². The normalized spacial score (nSPS) is 9.97. The maximum absolute atomic E-state index is 11.8. The number of nitrogens with zero attached hydrogens (tertiary/aromatic N) is 7. The molecule has 0 N–H and O–H groups in total. The van der Waals surface area contributed by atoms with E-state index < -0.39 is 11.9 Å². The van der Waals surface area contributed by atoms with E-state index in [4.69, 9.17) is 0 Å². The van der Waals surface area contributed by atoms with Crippen LogP contribution in [0.1, 0.15) is 34.0 Å². The molecule has 3 aromatic rings. The summed E-state index contributed by atoms with van der Waals surface area (Å²) in [6.45, 7) is 8.11. The van der Waals surface area contributed by atoms with Crippen LogP contribution in [0, 0.1) is 18.0 Å². The molecule has 0 atom stereocenters. The monoisotopic (exact) mass is 581 g/mol. The van der Waals surface area contributed by atoms with Gasteiger partial charge in [0.25, 0.3) is 0 Å². The first-order valence-electron chi connectivity index (χ1n) is 8.66. The van der Waals surface area contributed by atoms with Crippen molar-refractivity contribution >= 4 is 0 Å². The molecule has 0 amide bonds. The molecule has 0 saturated carbocycles. The second kappa shape index (κ2) is 15.8.